The number of carbonyl (C=O) groups is 2. The number of rotatable bonds is 5. The fourth-order valence-corrected chi connectivity index (χ4v) is 5.48. The molecule has 200 valence electrons. The van der Waals surface area contributed by atoms with Crippen LogP contribution in [0.5, 0.6) is 0 Å². The van der Waals surface area contributed by atoms with E-state index in [-0.39, 0.29) is 5.91 Å². The van der Waals surface area contributed by atoms with Crippen molar-refractivity contribution in [3.63, 3.8) is 0 Å². The minimum atomic E-state index is -1.19. The molecule has 0 radical (unpaired) electrons. The third-order valence-corrected chi connectivity index (χ3v) is 7.71. The molecule has 0 bridgehead atoms. The van der Waals surface area contributed by atoms with Crippen molar-refractivity contribution in [1.82, 2.24) is 0 Å². The van der Waals surface area contributed by atoms with E-state index in [0.29, 0.717) is 18.4 Å². The second-order valence-electron chi connectivity index (χ2n) is 11.6. The number of amides is 1. The van der Waals surface area contributed by atoms with Gasteiger partial charge in [-0.1, -0.05) is 36.4 Å². The Balaban J connectivity index is 2.21. The molecule has 0 fully saturated rings. The molecule has 0 spiro atoms. The van der Waals surface area contributed by atoms with E-state index >= 15 is 0 Å². The van der Waals surface area contributed by atoms with Crippen molar-refractivity contribution in [2.45, 2.75) is 79.9 Å². The molecule has 1 amide bonds. The van der Waals surface area contributed by atoms with E-state index in [2.05, 4.69) is 64.1 Å². The average Bonchev–Trinajstić information content (AvgIpc) is 2.82. The Kier molecular flexibility index (Phi) is 7.28. The molecule has 1 atom stereocenters. The SMILES string of the molecule is Cc1ccc(-c2c(C)c(-c3ccc(C)c(C)c3)c3c(c2C(OC(C)(C)C)C(=O)O)CCC(=O)N3C)cc1C. The van der Waals surface area contributed by atoms with Crippen molar-refractivity contribution in [3.8, 4) is 22.3 Å². The molecule has 0 saturated heterocycles. The van der Waals surface area contributed by atoms with Gasteiger partial charge in [0.1, 0.15) is 0 Å². The molecule has 1 aliphatic heterocycles. The van der Waals surface area contributed by atoms with Crippen molar-refractivity contribution < 1.29 is 19.4 Å². The van der Waals surface area contributed by atoms with E-state index in [4.69, 9.17) is 4.74 Å². The Morgan fingerprint density at radius 3 is 1.87 bits per heavy atom. The summed E-state index contributed by atoms with van der Waals surface area (Å²) in [5, 5.41) is 10.5. The summed E-state index contributed by atoms with van der Waals surface area (Å²) in [5.41, 5.74) is 11.0. The molecule has 0 saturated carbocycles. The molecule has 3 aromatic rings. The zero-order chi connectivity index (χ0) is 28.1. The number of nitrogens with zero attached hydrogens (tertiary/aromatic N) is 1. The lowest BCUT2D eigenvalue weighted by atomic mass is 9.78. The van der Waals surface area contributed by atoms with Crippen LogP contribution in [0.2, 0.25) is 0 Å². The maximum Gasteiger partial charge on any atom is 0.337 e. The maximum atomic E-state index is 13.0. The smallest absolute Gasteiger partial charge is 0.337 e. The van der Waals surface area contributed by atoms with Gasteiger partial charge in [0.15, 0.2) is 6.10 Å². The number of anilines is 1. The van der Waals surface area contributed by atoms with Gasteiger partial charge < -0.3 is 14.7 Å². The van der Waals surface area contributed by atoms with Gasteiger partial charge in [0.05, 0.1) is 11.3 Å². The quantitative estimate of drug-likeness (QED) is 0.386. The zero-order valence-electron chi connectivity index (χ0n) is 24.1. The third kappa shape index (κ3) is 5.00. The molecule has 38 heavy (non-hydrogen) atoms. The number of carboxylic acids is 1. The minimum absolute atomic E-state index is 0.0236. The second kappa shape index (κ2) is 10.0. The number of fused-ring (bicyclic) bond motifs is 1. The number of ether oxygens (including phenoxy) is 1. The van der Waals surface area contributed by atoms with Crippen molar-refractivity contribution >= 4 is 17.6 Å². The van der Waals surface area contributed by atoms with Crippen molar-refractivity contribution in [3.05, 3.63) is 75.3 Å². The molecule has 5 heteroatoms. The molecule has 5 nitrogen and oxygen atoms in total. The standard InChI is InChI=1S/C33H39NO4/c1-18-10-12-23(16-20(18)3)27-22(5)28(24-13-11-19(2)21(4)17-24)30-25(14-15-26(35)34(30)9)29(27)31(32(36)37)38-33(6,7)8/h10-13,16-17,31H,14-15H2,1-9H3,(H,36,37). The summed E-state index contributed by atoms with van der Waals surface area (Å²) in [6, 6.07) is 12.6. The number of benzene rings is 3. The van der Waals surface area contributed by atoms with Gasteiger partial charge in [-0.25, -0.2) is 4.79 Å². The van der Waals surface area contributed by atoms with E-state index in [1.165, 1.54) is 11.1 Å². The summed E-state index contributed by atoms with van der Waals surface area (Å²) in [4.78, 5) is 27.6. The summed E-state index contributed by atoms with van der Waals surface area (Å²) in [6.45, 7) is 16.0. The first-order valence-electron chi connectivity index (χ1n) is 13.2. The normalized spacial score (nSPS) is 14.4. The lowest BCUT2D eigenvalue weighted by Crippen LogP contribution is -2.35. The van der Waals surface area contributed by atoms with Crippen LogP contribution in [0.3, 0.4) is 0 Å². The lowest BCUT2D eigenvalue weighted by Gasteiger charge is -2.36. The number of carbonyl (C=O) groups excluding carboxylic acids is 1. The van der Waals surface area contributed by atoms with Crippen LogP contribution in [-0.2, 0) is 20.7 Å². The number of hydrogen-bond acceptors (Lipinski definition) is 3. The Hall–Kier alpha value is -3.44. The molecule has 1 aliphatic rings. The Labute approximate surface area is 226 Å². The Morgan fingerprint density at radius 2 is 1.39 bits per heavy atom. The fourth-order valence-electron chi connectivity index (χ4n) is 5.48. The van der Waals surface area contributed by atoms with Crippen LogP contribution >= 0.6 is 0 Å². The first-order chi connectivity index (χ1) is 17.7. The third-order valence-electron chi connectivity index (χ3n) is 7.71. The van der Waals surface area contributed by atoms with Gasteiger partial charge in [0, 0.05) is 24.6 Å². The van der Waals surface area contributed by atoms with Gasteiger partial charge in [-0.05, 0) is 112 Å². The lowest BCUT2D eigenvalue weighted by molar-refractivity contribution is -0.160. The second-order valence-corrected chi connectivity index (χ2v) is 11.6. The molecule has 1 unspecified atom stereocenters. The number of hydrogen-bond donors (Lipinski definition) is 1. The van der Waals surface area contributed by atoms with Gasteiger partial charge in [-0.15, -0.1) is 0 Å². The van der Waals surface area contributed by atoms with Crippen molar-refractivity contribution in [2.75, 3.05) is 11.9 Å². The van der Waals surface area contributed by atoms with E-state index in [9.17, 15) is 14.7 Å². The first-order valence-corrected chi connectivity index (χ1v) is 13.2. The predicted molar refractivity (Wildman–Crippen MR) is 154 cm³/mol. The topological polar surface area (TPSA) is 66.8 Å². The van der Waals surface area contributed by atoms with Gasteiger partial charge in [0.25, 0.3) is 0 Å². The number of aryl methyl sites for hydroxylation is 4. The van der Waals surface area contributed by atoms with E-state index in [0.717, 1.165) is 50.2 Å². The van der Waals surface area contributed by atoms with Gasteiger partial charge >= 0.3 is 5.97 Å². The largest absolute Gasteiger partial charge is 0.479 e. The molecular formula is C33H39NO4. The van der Waals surface area contributed by atoms with Crippen LogP contribution in [0.1, 0.15) is 72.2 Å². The molecule has 1 heterocycles. The monoisotopic (exact) mass is 513 g/mol. The highest BCUT2D eigenvalue weighted by Gasteiger charge is 2.38. The van der Waals surface area contributed by atoms with Crippen LogP contribution in [0, 0.1) is 34.6 Å². The molecule has 3 aromatic carbocycles. The molecule has 1 N–H and O–H groups in total. The summed E-state index contributed by atoms with van der Waals surface area (Å²) in [6.07, 6.45) is -0.407. The Morgan fingerprint density at radius 1 is 0.868 bits per heavy atom. The van der Waals surface area contributed by atoms with Gasteiger partial charge in [-0.3, -0.25) is 4.79 Å². The van der Waals surface area contributed by atoms with Crippen LogP contribution in [0.15, 0.2) is 36.4 Å². The predicted octanol–water partition coefficient (Wildman–Crippen LogP) is 7.41. The highest BCUT2D eigenvalue weighted by molar-refractivity contribution is 6.04. The van der Waals surface area contributed by atoms with Crippen LogP contribution < -0.4 is 4.90 Å². The highest BCUT2D eigenvalue weighted by atomic mass is 16.5. The number of aliphatic carboxylic acids is 1. The van der Waals surface area contributed by atoms with Crippen LogP contribution in [-0.4, -0.2) is 29.6 Å². The number of carboxylic acid groups (broad SMARTS) is 1. The van der Waals surface area contributed by atoms with Crippen molar-refractivity contribution in [1.29, 1.82) is 0 Å². The molecule has 0 aromatic heterocycles. The molecular weight excluding hydrogens is 474 g/mol. The average molecular weight is 514 g/mol. The summed E-state index contributed by atoms with van der Waals surface area (Å²) in [5.74, 6) is -1.01. The maximum absolute atomic E-state index is 13.0. The fraction of sp³-hybridized carbons (Fsp3) is 0.394. The zero-order valence-corrected chi connectivity index (χ0v) is 24.1. The van der Waals surface area contributed by atoms with E-state index < -0.39 is 17.7 Å². The Bertz CT molecular complexity index is 1440. The minimum Gasteiger partial charge on any atom is -0.479 e. The van der Waals surface area contributed by atoms with Crippen molar-refractivity contribution in [2.24, 2.45) is 0 Å². The van der Waals surface area contributed by atoms with Gasteiger partial charge in [-0.2, -0.15) is 0 Å². The summed E-state index contributed by atoms with van der Waals surface area (Å²) >= 11 is 0. The van der Waals surface area contributed by atoms with Gasteiger partial charge in [0.2, 0.25) is 5.91 Å². The summed E-state index contributed by atoms with van der Waals surface area (Å²) < 4.78 is 6.26. The summed E-state index contributed by atoms with van der Waals surface area (Å²) in [7, 11) is 1.80. The van der Waals surface area contributed by atoms with Crippen LogP contribution in [0.25, 0.3) is 22.3 Å². The molecule has 4 rings (SSSR count). The molecule has 0 aliphatic carbocycles. The van der Waals surface area contributed by atoms with E-state index in [1.54, 1.807) is 11.9 Å². The highest BCUT2D eigenvalue weighted by Crippen LogP contribution is 2.50. The first kappa shape index (κ1) is 27.6. The van der Waals surface area contributed by atoms with Crippen LogP contribution in [0.4, 0.5) is 5.69 Å². The van der Waals surface area contributed by atoms with E-state index in [1.807, 2.05) is 27.7 Å².